The lowest BCUT2D eigenvalue weighted by Gasteiger charge is -2.40. The summed E-state index contributed by atoms with van der Waals surface area (Å²) in [6.45, 7) is 1.38. The van der Waals surface area contributed by atoms with Gasteiger partial charge in [-0.15, -0.1) is 0 Å². The Morgan fingerprint density at radius 2 is 2.00 bits per heavy atom. The number of aliphatic hydroxyl groups is 3. The van der Waals surface area contributed by atoms with Gasteiger partial charge >= 0.3 is 0 Å². The summed E-state index contributed by atoms with van der Waals surface area (Å²) in [5.41, 5.74) is 0. The van der Waals surface area contributed by atoms with Gasteiger partial charge in [-0.25, -0.2) is 0 Å². The molecule has 5 heteroatoms. The number of methoxy groups -OCH3 is 1. The molecule has 0 amide bonds. The summed E-state index contributed by atoms with van der Waals surface area (Å²) in [6.07, 6.45) is -3.10. The van der Waals surface area contributed by atoms with E-state index in [-0.39, 0.29) is 6.61 Å². The summed E-state index contributed by atoms with van der Waals surface area (Å²) >= 11 is 0. The predicted molar refractivity (Wildman–Crippen MR) is 43.9 cm³/mol. The van der Waals surface area contributed by atoms with Gasteiger partial charge in [0.1, 0.15) is 12.2 Å². The van der Waals surface area contributed by atoms with Crippen molar-refractivity contribution in [2.75, 3.05) is 13.7 Å². The van der Waals surface area contributed by atoms with Crippen LogP contribution < -0.4 is 0 Å². The van der Waals surface area contributed by atoms with Gasteiger partial charge in [-0.1, -0.05) is 6.92 Å². The van der Waals surface area contributed by atoms with Crippen LogP contribution in [0.15, 0.2) is 0 Å². The quantitative estimate of drug-likeness (QED) is 0.507. The van der Waals surface area contributed by atoms with Crippen LogP contribution in [-0.2, 0) is 9.47 Å². The average Bonchev–Trinajstić information content (AvgIpc) is 2.13. The van der Waals surface area contributed by atoms with E-state index in [1.807, 2.05) is 0 Å². The van der Waals surface area contributed by atoms with Crippen molar-refractivity contribution in [3.05, 3.63) is 0 Å². The Labute approximate surface area is 76.9 Å². The highest BCUT2D eigenvalue weighted by Gasteiger charge is 2.42. The van der Waals surface area contributed by atoms with Crippen LogP contribution in [0, 0.1) is 5.92 Å². The molecule has 1 rings (SSSR count). The van der Waals surface area contributed by atoms with Crippen LogP contribution in [-0.4, -0.2) is 53.6 Å². The molecule has 1 saturated heterocycles. The van der Waals surface area contributed by atoms with Crippen LogP contribution in [0.2, 0.25) is 0 Å². The second-order valence-corrected chi connectivity index (χ2v) is 3.30. The fourth-order valence-corrected chi connectivity index (χ4v) is 1.51. The first-order chi connectivity index (χ1) is 6.11. The van der Waals surface area contributed by atoms with Gasteiger partial charge in [0.15, 0.2) is 6.29 Å². The third-order valence-electron chi connectivity index (χ3n) is 2.46. The van der Waals surface area contributed by atoms with Crippen LogP contribution in [0.5, 0.6) is 0 Å². The zero-order valence-electron chi connectivity index (χ0n) is 7.75. The third-order valence-corrected chi connectivity index (χ3v) is 2.46. The highest BCUT2D eigenvalue weighted by atomic mass is 16.6. The Kier molecular flexibility index (Phi) is 3.63. The van der Waals surface area contributed by atoms with Crippen LogP contribution in [0.3, 0.4) is 0 Å². The number of ether oxygens (including phenoxy) is 2. The van der Waals surface area contributed by atoms with E-state index in [0.717, 1.165) is 0 Å². The molecule has 3 N–H and O–H groups in total. The molecule has 0 saturated carbocycles. The largest absolute Gasteiger partial charge is 0.394 e. The van der Waals surface area contributed by atoms with Gasteiger partial charge in [0.05, 0.1) is 12.7 Å². The molecule has 78 valence electrons. The Morgan fingerprint density at radius 1 is 1.38 bits per heavy atom. The minimum Gasteiger partial charge on any atom is -0.394 e. The van der Waals surface area contributed by atoms with Gasteiger partial charge in [0, 0.05) is 13.0 Å². The van der Waals surface area contributed by atoms with Crippen molar-refractivity contribution in [1.82, 2.24) is 0 Å². The molecule has 0 aliphatic carbocycles. The van der Waals surface area contributed by atoms with E-state index in [1.54, 1.807) is 6.92 Å². The molecule has 0 aromatic carbocycles. The van der Waals surface area contributed by atoms with Crippen molar-refractivity contribution in [1.29, 1.82) is 0 Å². The maximum absolute atomic E-state index is 9.63. The maximum Gasteiger partial charge on any atom is 0.160 e. The number of hydrogen-bond donors (Lipinski definition) is 3. The molecule has 0 aromatic rings. The zero-order valence-corrected chi connectivity index (χ0v) is 7.75. The second-order valence-electron chi connectivity index (χ2n) is 3.30. The molecule has 0 spiro atoms. The van der Waals surface area contributed by atoms with Crippen molar-refractivity contribution in [2.24, 2.45) is 5.92 Å². The van der Waals surface area contributed by atoms with E-state index >= 15 is 0 Å². The first kappa shape index (κ1) is 10.9. The van der Waals surface area contributed by atoms with Crippen molar-refractivity contribution in [3.63, 3.8) is 0 Å². The number of rotatable bonds is 2. The highest BCUT2D eigenvalue weighted by Crippen LogP contribution is 2.25. The van der Waals surface area contributed by atoms with Crippen LogP contribution in [0.1, 0.15) is 6.92 Å². The topological polar surface area (TPSA) is 79.2 Å². The van der Waals surface area contributed by atoms with Crippen LogP contribution >= 0.6 is 0 Å². The molecular formula is C8H16O5. The summed E-state index contributed by atoms with van der Waals surface area (Å²) in [6, 6.07) is 0. The van der Waals surface area contributed by atoms with Gasteiger partial charge in [0.25, 0.3) is 0 Å². The van der Waals surface area contributed by atoms with E-state index in [9.17, 15) is 10.2 Å². The summed E-state index contributed by atoms with van der Waals surface area (Å²) in [5.74, 6) is -0.409. The van der Waals surface area contributed by atoms with Gasteiger partial charge in [-0.3, -0.25) is 0 Å². The Bertz CT molecular complexity index is 161. The van der Waals surface area contributed by atoms with Crippen LogP contribution in [0.4, 0.5) is 0 Å². The fraction of sp³-hybridized carbons (Fsp3) is 1.00. The summed E-state index contributed by atoms with van der Waals surface area (Å²) in [7, 11) is 1.43. The van der Waals surface area contributed by atoms with Crippen molar-refractivity contribution in [3.8, 4) is 0 Å². The zero-order chi connectivity index (χ0) is 10.0. The first-order valence-corrected chi connectivity index (χ1v) is 4.27. The number of hydrogen-bond acceptors (Lipinski definition) is 5. The Morgan fingerprint density at radius 3 is 2.46 bits per heavy atom. The maximum atomic E-state index is 9.63. The van der Waals surface area contributed by atoms with E-state index in [0.29, 0.717) is 0 Å². The van der Waals surface area contributed by atoms with Gasteiger partial charge < -0.3 is 24.8 Å². The second kappa shape index (κ2) is 4.34. The van der Waals surface area contributed by atoms with Crippen LogP contribution in [0.25, 0.3) is 0 Å². The molecule has 1 aliphatic rings. The molecule has 0 aromatic heterocycles. The van der Waals surface area contributed by atoms with E-state index in [1.165, 1.54) is 7.11 Å². The lowest BCUT2D eigenvalue weighted by molar-refractivity contribution is -0.270. The smallest absolute Gasteiger partial charge is 0.160 e. The molecule has 1 heterocycles. The van der Waals surface area contributed by atoms with Crippen molar-refractivity contribution < 1.29 is 24.8 Å². The summed E-state index contributed by atoms with van der Waals surface area (Å²) in [5, 5.41) is 27.8. The van der Waals surface area contributed by atoms with Gasteiger partial charge in [-0.05, 0) is 0 Å². The lowest BCUT2D eigenvalue weighted by atomic mass is 9.92. The molecule has 1 aliphatic heterocycles. The standard InChI is InChI=1S/C8H16O5/c1-4-6(10)7(12-2)5(3-9)13-8(4)11/h4-11H,3H2,1-2H3. The normalized spacial score (nSPS) is 46.4. The monoisotopic (exact) mass is 192 g/mol. The third kappa shape index (κ3) is 2.00. The fourth-order valence-electron chi connectivity index (χ4n) is 1.51. The molecule has 5 unspecified atom stereocenters. The molecular weight excluding hydrogens is 176 g/mol. The molecule has 0 radical (unpaired) electrons. The van der Waals surface area contributed by atoms with Gasteiger partial charge in [0.2, 0.25) is 0 Å². The summed E-state index contributed by atoms with van der Waals surface area (Å²) < 4.78 is 10.0. The lowest BCUT2D eigenvalue weighted by Crippen LogP contribution is -2.55. The average molecular weight is 192 g/mol. The first-order valence-electron chi connectivity index (χ1n) is 4.27. The van der Waals surface area contributed by atoms with Crippen molar-refractivity contribution in [2.45, 2.75) is 31.5 Å². The molecule has 5 atom stereocenters. The number of aliphatic hydroxyl groups excluding tert-OH is 3. The highest BCUT2D eigenvalue weighted by molar-refractivity contribution is 4.87. The predicted octanol–water partition coefficient (Wildman–Crippen LogP) is -1.29. The minimum atomic E-state index is -1.04. The minimum absolute atomic E-state index is 0.278. The Balaban J connectivity index is 2.69. The molecule has 13 heavy (non-hydrogen) atoms. The van der Waals surface area contributed by atoms with E-state index < -0.39 is 30.5 Å². The van der Waals surface area contributed by atoms with Crippen molar-refractivity contribution >= 4 is 0 Å². The van der Waals surface area contributed by atoms with Gasteiger partial charge in [-0.2, -0.15) is 0 Å². The molecule has 0 bridgehead atoms. The van der Waals surface area contributed by atoms with E-state index in [2.05, 4.69) is 0 Å². The molecule has 5 nitrogen and oxygen atoms in total. The van der Waals surface area contributed by atoms with E-state index in [4.69, 9.17) is 14.6 Å². The SMILES string of the molecule is COC1C(CO)OC(O)C(C)C1O. The molecule has 1 fully saturated rings. The summed E-state index contributed by atoms with van der Waals surface area (Å²) in [4.78, 5) is 0. The Hall–Kier alpha value is -0.200.